The molecule has 150 valence electrons. The van der Waals surface area contributed by atoms with Gasteiger partial charge in [-0.3, -0.25) is 14.7 Å². The number of nitrogens with zero attached hydrogens (tertiary/aromatic N) is 5. The van der Waals surface area contributed by atoms with Crippen LogP contribution in [0.25, 0.3) is 0 Å². The van der Waals surface area contributed by atoms with Crippen LogP contribution in [0.4, 0.5) is 5.69 Å². The first kappa shape index (κ1) is 19.1. The zero-order valence-corrected chi connectivity index (χ0v) is 16.4. The van der Waals surface area contributed by atoms with Gasteiger partial charge in [-0.05, 0) is 55.8 Å². The van der Waals surface area contributed by atoms with E-state index in [1.165, 1.54) is 0 Å². The van der Waals surface area contributed by atoms with E-state index in [1.807, 2.05) is 48.0 Å². The predicted octanol–water partition coefficient (Wildman–Crippen LogP) is 3.00. The number of carbonyl (C=O) groups excluding carboxylic acids is 1. The smallest absolute Gasteiger partial charge is 0.241 e. The maximum Gasteiger partial charge on any atom is 0.241 e. The highest BCUT2D eigenvalue weighted by Crippen LogP contribution is 2.24. The van der Waals surface area contributed by atoms with Crippen molar-refractivity contribution in [2.24, 2.45) is 7.05 Å². The fourth-order valence-corrected chi connectivity index (χ4v) is 3.48. The van der Waals surface area contributed by atoms with E-state index in [-0.39, 0.29) is 11.9 Å². The summed E-state index contributed by atoms with van der Waals surface area (Å²) in [5, 5.41) is 11.1. The second-order valence-corrected chi connectivity index (χ2v) is 7.14. The minimum atomic E-state index is -0.174. The minimum Gasteiger partial charge on any atom is -0.456 e. The van der Waals surface area contributed by atoms with Gasteiger partial charge in [-0.2, -0.15) is 0 Å². The number of pyridine rings is 1. The highest BCUT2D eigenvalue weighted by Gasteiger charge is 2.29. The molecule has 1 aliphatic rings. The lowest BCUT2D eigenvalue weighted by molar-refractivity contribution is -0.122. The number of nitrogens with one attached hydrogen (secondary N) is 1. The first-order valence-corrected chi connectivity index (χ1v) is 9.75. The van der Waals surface area contributed by atoms with Gasteiger partial charge in [0.25, 0.3) is 0 Å². The summed E-state index contributed by atoms with van der Waals surface area (Å²) in [6, 6.07) is 10.9. The molecule has 1 atom stereocenters. The Bertz CT molecular complexity index is 941. The molecule has 1 fully saturated rings. The van der Waals surface area contributed by atoms with E-state index in [0.29, 0.717) is 18.0 Å². The highest BCUT2D eigenvalue weighted by atomic mass is 16.5. The summed E-state index contributed by atoms with van der Waals surface area (Å²) >= 11 is 0. The largest absolute Gasteiger partial charge is 0.456 e. The molecule has 1 aliphatic heterocycles. The number of likely N-dealkylation sites (tertiary alicyclic amines) is 1. The fraction of sp³-hybridized carbons (Fsp3) is 0.333. The number of aromatic nitrogens is 4. The van der Waals surface area contributed by atoms with Crippen LogP contribution in [0.3, 0.4) is 0 Å². The molecule has 0 saturated carbocycles. The second kappa shape index (κ2) is 8.83. The van der Waals surface area contributed by atoms with E-state index >= 15 is 0 Å². The van der Waals surface area contributed by atoms with Crippen molar-refractivity contribution < 1.29 is 9.53 Å². The SMILES string of the molecule is Cn1cnnc1CN1CCCCC1C(=O)Nc1ccc(Oc2cccnc2)cc1. The Kier molecular flexibility index (Phi) is 5.81. The summed E-state index contributed by atoms with van der Waals surface area (Å²) in [5.41, 5.74) is 0.748. The number of carbonyl (C=O) groups is 1. The van der Waals surface area contributed by atoms with E-state index in [0.717, 1.165) is 37.3 Å². The van der Waals surface area contributed by atoms with Gasteiger partial charge in [0.1, 0.15) is 23.7 Å². The van der Waals surface area contributed by atoms with Crippen LogP contribution in [0.15, 0.2) is 55.1 Å². The van der Waals surface area contributed by atoms with Crippen LogP contribution in [0.2, 0.25) is 0 Å². The molecular formula is C21H24N6O2. The van der Waals surface area contributed by atoms with Crippen molar-refractivity contribution in [1.29, 1.82) is 0 Å². The molecular weight excluding hydrogens is 368 g/mol. The third-order valence-electron chi connectivity index (χ3n) is 5.06. The van der Waals surface area contributed by atoms with Crippen LogP contribution in [0, 0.1) is 0 Å². The highest BCUT2D eigenvalue weighted by molar-refractivity contribution is 5.94. The third-order valence-corrected chi connectivity index (χ3v) is 5.06. The lowest BCUT2D eigenvalue weighted by Crippen LogP contribution is -2.46. The summed E-state index contributed by atoms with van der Waals surface area (Å²) in [7, 11) is 1.92. The maximum absolute atomic E-state index is 12.9. The van der Waals surface area contributed by atoms with Gasteiger partial charge in [0.2, 0.25) is 5.91 Å². The molecule has 2 aromatic heterocycles. The van der Waals surface area contributed by atoms with E-state index in [9.17, 15) is 4.79 Å². The molecule has 0 bridgehead atoms. The number of hydrogen-bond donors (Lipinski definition) is 1. The van der Waals surface area contributed by atoms with Crippen molar-refractivity contribution >= 4 is 11.6 Å². The van der Waals surface area contributed by atoms with Gasteiger partial charge in [0.05, 0.1) is 18.8 Å². The Balaban J connectivity index is 1.38. The van der Waals surface area contributed by atoms with Gasteiger partial charge in [-0.1, -0.05) is 6.42 Å². The Morgan fingerprint density at radius 2 is 2.07 bits per heavy atom. The number of aryl methyl sites for hydroxylation is 1. The standard InChI is InChI=1S/C21H24N6O2/c1-26-15-23-25-20(26)14-27-12-3-2-6-19(27)21(28)24-16-7-9-17(10-8-16)29-18-5-4-11-22-13-18/h4-5,7-11,13,15,19H,2-3,6,12,14H2,1H3,(H,24,28). The average Bonchev–Trinajstić information content (AvgIpc) is 3.15. The lowest BCUT2D eigenvalue weighted by atomic mass is 10.0. The number of anilines is 1. The second-order valence-electron chi connectivity index (χ2n) is 7.14. The summed E-state index contributed by atoms with van der Waals surface area (Å²) in [6.45, 7) is 1.50. The van der Waals surface area contributed by atoms with Gasteiger partial charge in [0, 0.05) is 18.9 Å². The van der Waals surface area contributed by atoms with Gasteiger partial charge in [0.15, 0.2) is 0 Å². The van der Waals surface area contributed by atoms with Gasteiger partial charge in [-0.25, -0.2) is 0 Å². The molecule has 8 heteroatoms. The molecule has 0 aliphatic carbocycles. The van der Waals surface area contributed by atoms with Gasteiger partial charge < -0.3 is 14.6 Å². The molecule has 0 spiro atoms. The van der Waals surface area contributed by atoms with Crippen molar-refractivity contribution in [2.75, 3.05) is 11.9 Å². The quantitative estimate of drug-likeness (QED) is 0.694. The molecule has 1 unspecified atom stereocenters. The topological polar surface area (TPSA) is 85.2 Å². The molecule has 1 N–H and O–H groups in total. The lowest BCUT2D eigenvalue weighted by Gasteiger charge is -2.34. The van der Waals surface area contributed by atoms with E-state index in [1.54, 1.807) is 18.7 Å². The molecule has 8 nitrogen and oxygen atoms in total. The summed E-state index contributed by atoms with van der Waals surface area (Å²) in [6.07, 6.45) is 8.01. The van der Waals surface area contributed by atoms with E-state index in [2.05, 4.69) is 25.4 Å². The molecule has 4 rings (SSSR count). The average molecular weight is 392 g/mol. The van der Waals surface area contributed by atoms with Crippen molar-refractivity contribution in [3.8, 4) is 11.5 Å². The number of ether oxygens (including phenoxy) is 1. The Morgan fingerprint density at radius 1 is 1.21 bits per heavy atom. The van der Waals surface area contributed by atoms with Crippen molar-refractivity contribution in [2.45, 2.75) is 31.8 Å². The molecule has 1 saturated heterocycles. The summed E-state index contributed by atoms with van der Waals surface area (Å²) in [4.78, 5) is 19.1. The molecule has 0 radical (unpaired) electrons. The first-order valence-electron chi connectivity index (χ1n) is 9.75. The molecule has 1 aromatic carbocycles. The first-order chi connectivity index (χ1) is 14.2. The molecule has 1 amide bonds. The minimum absolute atomic E-state index is 0.00722. The van der Waals surface area contributed by atoms with Crippen LogP contribution in [0.5, 0.6) is 11.5 Å². The monoisotopic (exact) mass is 392 g/mol. The molecule has 29 heavy (non-hydrogen) atoms. The Morgan fingerprint density at radius 3 is 2.79 bits per heavy atom. The normalized spacial score (nSPS) is 17.1. The number of benzene rings is 1. The van der Waals surface area contributed by atoms with Crippen LogP contribution in [-0.2, 0) is 18.4 Å². The number of hydrogen-bond acceptors (Lipinski definition) is 6. The molecule has 3 heterocycles. The number of piperidine rings is 1. The van der Waals surface area contributed by atoms with Crippen LogP contribution in [-0.4, -0.2) is 43.1 Å². The Labute approximate surface area is 169 Å². The van der Waals surface area contributed by atoms with Crippen molar-refractivity contribution in [1.82, 2.24) is 24.6 Å². The van der Waals surface area contributed by atoms with Crippen molar-refractivity contribution in [3.05, 3.63) is 60.9 Å². The van der Waals surface area contributed by atoms with Crippen molar-refractivity contribution in [3.63, 3.8) is 0 Å². The predicted molar refractivity (Wildman–Crippen MR) is 108 cm³/mol. The zero-order chi connectivity index (χ0) is 20.1. The third kappa shape index (κ3) is 4.78. The maximum atomic E-state index is 12.9. The van der Waals surface area contributed by atoms with Crippen LogP contribution >= 0.6 is 0 Å². The van der Waals surface area contributed by atoms with Gasteiger partial charge in [-0.15, -0.1) is 10.2 Å². The summed E-state index contributed by atoms with van der Waals surface area (Å²) in [5.74, 6) is 2.23. The summed E-state index contributed by atoms with van der Waals surface area (Å²) < 4.78 is 7.64. The van der Waals surface area contributed by atoms with Gasteiger partial charge >= 0.3 is 0 Å². The van der Waals surface area contributed by atoms with E-state index in [4.69, 9.17) is 4.74 Å². The fourth-order valence-electron chi connectivity index (χ4n) is 3.48. The van der Waals surface area contributed by atoms with E-state index < -0.39 is 0 Å². The zero-order valence-electron chi connectivity index (χ0n) is 16.4. The number of rotatable bonds is 6. The van der Waals surface area contributed by atoms with Crippen LogP contribution in [0.1, 0.15) is 25.1 Å². The molecule has 3 aromatic rings. The van der Waals surface area contributed by atoms with Crippen LogP contribution < -0.4 is 10.1 Å². The number of amides is 1. The Hall–Kier alpha value is -3.26.